The number of anilines is 2. The molecule has 20 heavy (non-hydrogen) atoms. The maximum atomic E-state index is 5.48. The van der Waals surface area contributed by atoms with E-state index in [2.05, 4.69) is 25.3 Å². The molecule has 0 atom stereocenters. The third-order valence-electron chi connectivity index (χ3n) is 2.49. The number of hydrogen-bond donors (Lipinski definition) is 1. The van der Waals surface area contributed by atoms with Gasteiger partial charge >= 0.3 is 6.01 Å². The summed E-state index contributed by atoms with van der Waals surface area (Å²) in [4.78, 5) is 19.0. The Morgan fingerprint density at radius 3 is 2.85 bits per heavy atom. The lowest BCUT2D eigenvalue weighted by molar-refractivity contribution is 0.292. The highest BCUT2D eigenvalue weighted by Crippen LogP contribution is 2.16. The van der Waals surface area contributed by atoms with Gasteiger partial charge in [-0.1, -0.05) is 6.92 Å². The van der Waals surface area contributed by atoms with Crippen molar-refractivity contribution in [2.45, 2.75) is 19.9 Å². The van der Waals surface area contributed by atoms with E-state index >= 15 is 0 Å². The molecule has 1 N–H and O–H groups in total. The quantitative estimate of drug-likeness (QED) is 0.834. The van der Waals surface area contributed by atoms with E-state index < -0.39 is 0 Å². The first-order chi connectivity index (χ1) is 9.72. The van der Waals surface area contributed by atoms with Crippen LogP contribution < -0.4 is 15.0 Å². The van der Waals surface area contributed by atoms with E-state index in [9.17, 15) is 0 Å². The molecule has 0 radical (unpaired) electrons. The van der Waals surface area contributed by atoms with Crippen molar-refractivity contribution in [3.63, 3.8) is 0 Å². The van der Waals surface area contributed by atoms with Gasteiger partial charge < -0.3 is 15.0 Å². The molecule has 2 rings (SSSR count). The first-order valence-corrected chi connectivity index (χ1v) is 7.32. The lowest BCUT2D eigenvalue weighted by Gasteiger charge is -2.16. The predicted octanol–water partition coefficient (Wildman–Crippen LogP) is 1.79. The Balaban J connectivity index is 2.16. The smallest absolute Gasteiger partial charge is 0.323 e. The van der Waals surface area contributed by atoms with Crippen molar-refractivity contribution in [1.29, 1.82) is 0 Å². The van der Waals surface area contributed by atoms with Gasteiger partial charge in [-0.25, -0.2) is 4.98 Å². The normalized spacial score (nSPS) is 10.3. The van der Waals surface area contributed by atoms with Crippen LogP contribution in [0, 0.1) is 0 Å². The van der Waals surface area contributed by atoms with Crippen LogP contribution in [0.4, 0.5) is 11.9 Å². The van der Waals surface area contributed by atoms with E-state index in [0.29, 0.717) is 31.1 Å². The van der Waals surface area contributed by atoms with Crippen molar-refractivity contribution in [2.24, 2.45) is 0 Å². The van der Waals surface area contributed by atoms with E-state index in [-0.39, 0.29) is 0 Å². The van der Waals surface area contributed by atoms with Crippen LogP contribution in [-0.4, -0.2) is 40.6 Å². The van der Waals surface area contributed by atoms with Gasteiger partial charge in [0.15, 0.2) is 0 Å². The van der Waals surface area contributed by atoms with Crippen molar-refractivity contribution in [3.8, 4) is 6.01 Å². The Morgan fingerprint density at radius 1 is 1.35 bits per heavy atom. The van der Waals surface area contributed by atoms with Gasteiger partial charge in [0.25, 0.3) is 0 Å². The van der Waals surface area contributed by atoms with Crippen LogP contribution in [0.5, 0.6) is 6.01 Å². The number of nitrogens with zero attached hydrogens (tertiary/aromatic N) is 5. The summed E-state index contributed by atoms with van der Waals surface area (Å²) in [5.74, 6) is 1.05. The molecule has 0 spiro atoms. The first-order valence-electron chi connectivity index (χ1n) is 6.37. The minimum Gasteiger partial charge on any atom is -0.463 e. The molecule has 0 bridgehead atoms. The monoisotopic (exact) mass is 294 g/mol. The third kappa shape index (κ3) is 3.77. The van der Waals surface area contributed by atoms with Crippen molar-refractivity contribution >= 4 is 23.2 Å². The average Bonchev–Trinajstić information content (AvgIpc) is 2.97. The van der Waals surface area contributed by atoms with Crippen LogP contribution in [0.15, 0.2) is 10.9 Å². The molecule has 0 fully saturated rings. The Bertz CT molecular complexity index is 533. The third-order valence-corrected chi connectivity index (χ3v) is 3.12. The molecule has 0 saturated carbocycles. The van der Waals surface area contributed by atoms with Crippen LogP contribution in [-0.2, 0) is 6.54 Å². The molecule has 0 aliphatic rings. The van der Waals surface area contributed by atoms with Gasteiger partial charge in [-0.2, -0.15) is 15.0 Å². The molecule has 0 aromatic carbocycles. The van der Waals surface area contributed by atoms with Gasteiger partial charge in [-0.05, 0) is 6.42 Å². The van der Waals surface area contributed by atoms with E-state index in [1.165, 1.54) is 0 Å². The largest absolute Gasteiger partial charge is 0.463 e. The number of hydrogen-bond acceptors (Lipinski definition) is 8. The van der Waals surface area contributed by atoms with Gasteiger partial charge in [0.05, 0.1) is 24.4 Å². The molecule has 0 unspecified atom stereocenters. The number of nitrogens with one attached hydrogen (secondary N) is 1. The maximum Gasteiger partial charge on any atom is 0.323 e. The summed E-state index contributed by atoms with van der Waals surface area (Å²) in [6, 6.07) is 0.339. The molecule has 0 saturated heterocycles. The standard InChI is InChI=1S/C12H18N6OS/c1-4-5-19-12-16-10(13-2)15-11(17-12)18(3)6-9-7-20-8-14-9/h7-8H,4-6H2,1-3H3,(H,13,15,16,17). The fourth-order valence-corrected chi connectivity index (χ4v) is 2.07. The van der Waals surface area contributed by atoms with Crippen molar-refractivity contribution < 1.29 is 4.74 Å². The van der Waals surface area contributed by atoms with Crippen LogP contribution in [0.25, 0.3) is 0 Å². The Labute approximate surface area is 122 Å². The van der Waals surface area contributed by atoms with Gasteiger partial charge in [0.2, 0.25) is 11.9 Å². The molecule has 0 amide bonds. The predicted molar refractivity (Wildman–Crippen MR) is 79.4 cm³/mol. The zero-order valence-electron chi connectivity index (χ0n) is 11.8. The van der Waals surface area contributed by atoms with Crippen LogP contribution in [0.1, 0.15) is 19.0 Å². The van der Waals surface area contributed by atoms with Gasteiger partial charge in [0.1, 0.15) is 0 Å². The van der Waals surface area contributed by atoms with E-state index in [0.717, 1.165) is 12.1 Å². The molecule has 0 aliphatic carbocycles. The van der Waals surface area contributed by atoms with Gasteiger partial charge in [-0.15, -0.1) is 11.3 Å². The van der Waals surface area contributed by atoms with Crippen molar-refractivity contribution in [3.05, 3.63) is 16.6 Å². The molecule has 108 valence electrons. The number of thiazole rings is 1. The molecule has 8 heteroatoms. The summed E-state index contributed by atoms with van der Waals surface area (Å²) in [7, 11) is 3.68. The minimum absolute atomic E-state index is 0.339. The molecular formula is C12H18N6OS. The van der Waals surface area contributed by atoms with Gasteiger partial charge in [0, 0.05) is 19.5 Å². The number of aromatic nitrogens is 4. The summed E-state index contributed by atoms with van der Waals surface area (Å²) in [6.07, 6.45) is 0.907. The average molecular weight is 294 g/mol. The fraction of sp³-hybridized carbons (Fsp3) is 0.500. The van der Waals surface area contributed by atoms with E-state index in [4.69, 9.17) is 4.74 Å². The molecule has 2 heterocycles. The second-order valence-corrected chi connectivity index (χ2v) is 4.89. The highest BCUT2D eigenvalue weighted by atomic mass is 32.1. The molecule has 0 aliphatic heterocycles. The number of rotatable bonds is 7. The lowest BCUT2D eigenvalue weighted by Crippen LogP contribution is -2.20. The highest BCUT2D eigenvalue weighted by molar-refractivity contribution is 7.07. The van der Waals surface area contributed by atoms with Crippen LogP contribution in [0.3, 0.4) is 0 Å². The molecule has 2 aromatic rings. The molecular weight excluding hydrogens is 276 g/mol. The lowest BCUT2D eigenvalue weighted by atomic mass is 10.4. The zero-order chi connectivity index (χ0) is 14.4. The second-order valence-electron chi connectivity index (χ2n) is 4.18. The Morgan fingerprint density at radius 2 is 2.20 bits per heavy atom. The SMILES string of the molecule is CCCOc1nc(NC)nc(N(C)Cc2cscn2)n1. The summed E-state index contributed by atoms with van der Waals surface area (Å²) in [5.41, 5.74) is 2.80. The Hall–Kier alpha value is -1.96. The fourth-order valence-electron chi connectivity index (χ4n) is 1.52. The molecule has 2 aromatic heterocycles. The van der Waals surface area contributed by atoms with Crippen molar-refractivity contribution in [1.82, 2.24) is 19.9 Å². The first kappa shape index (κ1) is 14.4. The zero-order valence-corrected chi connectivity index (χ0v) is 12.6. The van der Waals surface area contributed by atoms with Crippen LogP contribution in [0.2, 0.25) is 0 Å². The summed E-state index contributed by atoms with van der Waals surface area (Å²) >= 11 is 1.57. The topological polar surface area (TPSA) is 76.1 Å². The number of ether oxygens (including phenoxy) is 1. The van der Waals surface area contributed by atoms with Crippen LogP contribution >= 0.6 is 11.3 Å². The molecule has 7 nitrogen and oxygen atoms in total. The van der Waals surface area contributed by atoms with E-state index in [1.54, 1.807) is 18.4 Å². The van der Waals surface area contributed by atoms with Gasteiger partial charge in [-0.3, -0.25) is 0 Å². The second kappa shape index (κ2) is 6.99. The summed E-state index contributed by atoms with van der Waals surface area (Å²) < 4.78 is 5.48. The van der Waals surface area contributed by atoms with E-state index in [1.807, 2.05) is 29.8 Å². The Kier molecular flexibility index (Phi) is 5.05. The summed E-state index contributed by atoms with van der Waals surface area (Å²) in [5, 5.41) is 4.92. The van der Waals surface area contributed by atoms with Crippen molar-refractivity contribution in [2.75, 3.05) is 30.9 Å². The summed E-state index contributed by atoms with van der Waals surface area (Å²) in [6.45, 7) is 3.27. The maximum absolute atomic E-state index is 5.48. The minimum atomic E-state index is 0.339. The highest BCUT2D eigenvalue weighted by Gasteiger charge is 2.11.